The molecule has 4 aromatic rings. The molecule has 2 aromatic carbocycles. The van der Waals surface area contributed by atoms with E-state index in [0.29, 0.717) is 22.8 Å². The van der Waals surface area contributed by atoms with Gasteiger partial charge < -0.3 is 14.6 Å². The molecule has 6 nitrogen and oxygen atoms in total. The highest BCUT2D eigenvalue weighted by Gasteiger charge is 2.16. The van der Waals surface area contributed by atoms with Crippen molar-refractivity contribution in [2.75, 3.05) is 5.32 Å². The molecular formula is C21H18F2N4O2S. The van der Waals surface area contributed by atoms with Crippen LogP contribution in [0.15, 0.2) is 53.9 Å². The summed E-state index contributed by atoms with van der Waals surface area (Å²) in [7, 11) is 0. The number of aromatic nitrogens is 3. The van der Waals surface area contributed by atoms with Crippen LogP contribution in [-0.2, 0) is 17.8 Å². The highest BCUT2D eigenvalue weighted by molar-refractivity contribution is 7.14. The summed E-state index contributed by atoms with van der Waals surface area (Å²) in [6.07, 6.45) is 0.699. The highest BCUT2D eigenvalue weighted by atomic mass is 32.1. The van der Waals surface area contributed by atoms with E-state index < -0.39 is 6.61 Å². The molecule has 0 spiro atoms. The average molecular weight is 428 g/mol. The minimum Gasteiger partial charge on any atom is -0.434 e. The fourth-order valence-corrected chi connectivity index (χ4v) is 3.93. The fourth-order valence-electron chi connectivity index (χ4n) is 3.21. The third kappa shape index (κ3) is 4.16. The van der Waals surface area contributed by atoms with Crippen LogP contribution in [0.3, 0.4) is 0 Å². The first-order valence-corrected chi connectivity index (χ1v) is 10.2. The molecule has 1 amide bonds. The van der Waals surface area contributed by atoms with E-state index in [4.69, 9.17) is 0 Å². The normalized spacial score (nSPS) is 11.2. The maximum atomic E-state index is 12.6. The first kappa shape index (κ1) is 20.0. The van der Waals surface area contributed by atoms with E-state index in [9.17, 15) is 13.6 Å². The van der Waals surface area contributed by atoms with Crippen molar-refractivity contribution in [3.8, 4) is 17.0 Å². The number of amides is 1. The van der Waals surface area contributed by atoms with Gasteiger partial charge in [0.2, 0.25) is 5.91 Å². The number of carbonyl (C=O) groups is 1. The number of hydrogen-bond donors (Lipinski definition) is 1. The number of fused-ring (bicyclic) bond motifs is 1. The number of para-hydroxylation sites is 3. The number of alkyl halides is 2. The summed E-state index contributed by atoms with van der Waals surface area (Å²) in [5, 5.41) is 4.84. The third-order valence-corrected chi connectivity index (χ3v) is 5.24. The summed E-state index contributed by atoms with van der Waals surface area (Å²) in [5.41, 5.74) is 2.62. The largest absolute Gasteiger partial charge is 0.434 e. The van der Waals surface area contributed by atoms with Gasteiger partial charge in [-0.3, -0.25) is 4.79 Å². The van der Waals surface area contributed by atoms with Gasteiger partial charge in [0, 0.05) is 17.4 Å². The molecule has 0 aliphatic rings. The Balaban J connectivity index is 1.52. The van der Waals surface area contributed by atoms with Gasteiger partial charge in [0.1, 0.15) is 18.1 Å². The molecule has 0 fully saturated rings. The summed E-state index contributed by atoms with van der Waals surface area (Å²) < 4.78 is 31.7. The van der Waals surface area contributed by atoms with E-state index in [-0.39, 0.29) is 18.2 Å². The number of ether oxygens (including phenoxy) is 1. The minimum atomic E-state index is -2.93. The molecule has 0 unspecified atom stereocenters. The van der Waals surface area contributed by atoms with Crippen LogP contribution in [0, 0.1) is 0 Å². The highest BCUT2D eigenvalue weighted by Crippen LogP contribution is 2.33. The molecule has 4 rings (SSSR count). The molecule has 0 aliphatic carbocycles. The lowest BCUT2D eigenvalue weighted by Gasteiger charge is -2.09. The molecule has 2 aromatic heterocycles. The number of imidazole rings is 1. The molecule has 0 bridgehead atoms. The Hall–Kier alpha value is -3.33. The van der Waals surface area contributed by atoms with Gasteiger partial charge in [-0.1, -0.05) is 31.2 Å². The summed E-state index contributed by atoms with van der Waals surface area (Å²) in [6, 6.07) is 14.1. The molecule has 154 valence electrons. The quantitative estimate of drug-likeness (QED) is 0.452. The van der Waals surface area contributed by atoms with Crippen LogP contribution in [-0.4, -0.2) is 27.1 Å². The monoisotopic (exact) mass is 428 g/mol. The predicted octanol–water partition coefficient (Wildman–Crippen LogP) is 4.96. The Morgan fingerprint density at radius 1 is 1.17 bits per heavy atom. The lowest BCUT2D eigenvalue weighted by atomic mass is 10.1. The molecule has 0 atom stereocenters. The standard InChI is InChI=1S/C21H18F2N4O2S/c1-2-18-24-14-8-4-5-9-16(14)27(18)11-19(28)26-21-25-15(12-30-21)13-7-3-6-10-17(13)29-20(22)23/h3-10,12,20H,2,11H2,1H3,(H,25,26,28). The maximum absolute atomic E-state index is 12.6. The van der Waals surface area contributed by atoms with Crippen molar-refractivity contribution in [3.05, 3.63) is 59.7 Å². The van der Waals surface area contributed by atoms with E-state index >= 15 is 0 Å². The molecule has 0 saturated carbocycles. The maximum Gasteiger partial charge on any atom is 0.387 e. The molecular weight excluding hydrogens is 410 g/mol. The Labute approximate surface area is 175 Å². The number of nitrogens with one attached hydrogen (secondary N) is 1. The van der Waals surface area contributed by atoms with Crippen molar-refractivity contribution in [2.24, 2.45) is 0 Å². The topological polar surface area (TPSA) is 69.0 Å². The lowest BCUT2D eigenvalue weighted by molar-refractivity contribution is -0.116. The van der Waals surface area contributed by atoms with Crippen molar-refractivity contribution in [1.29, 1.82) is 0 Å². The molecule has 0 radical (unpaired) electrons. The Kier molecular flexibility index (Phi) is 5.71. The van der Waals surface area contributed by atoms with E-state index in [1.165, 1.54) is 17.4 Å². The second-order valence-corrected chi connectivity index (χ2v) is 7.28. The zero-order valence-electron chi connectivity index (χ0n) is 16.0. The van der Waals surface area contributed by atoms with Crippen LogP contribution in [0.25, 0.3) is 22.3 Å². The molecule has 0 aliphatic heterocycles. The van der Waals surface area contributed by atoms with Gasteiger partial charge in [-0.2, -0.15) is 8.78 Å². The zero-order valence-corrected chi connectivity index (χ0v) is 16.8. The molecule has 30 heavy (non-hydrogen) atoms. The molecule has 9 heteroatoms. The number of aryl methyl sites for hydroxylation is 1. The van der Waals surface area contributed by atoms with Gasteiger partial charge in [-0.05, 0) is 24.3 Å². The van der Waals surface area contributed by atoms with Crippen LogP contribution in [0.1, 0.15) is 12.7 Å². The van der Waals surface area contributed by atoms with Gasteiger partial charge in [-0.15, -0.1) is 11.3 Å². The molecule has 1 N–H and O–H groups in total. The number of halogens is 2. The average Bonchev–Trinajstić information content (AvgIpc) is 3.33. The summed E-state index contributed by atoms with van der Waals surface area (Å²) in [5.74, 6) is 0.614. The number of thiazole rings is 1. The lowest BCUT2D eigenvalue weighted by Crippen LogP contribution is -2.20. The van der Waals surface area contributed by atoms with E-state index in [2.05, 4.69) is 20.0 Å². The smallest absolute Gasteiger partial charge is 0.387 e. The fraction of sp³-hybridized carbons (Fsp3) is 0.190. The molecule has 0 saturated heterocycles. The van der Waals surface area contributed by atoms with Gasteiger partial charge in [0.25, 0.3) is 0 Å². The van der Waals surface area contributed by atoms with Gasteiger partial charge >= 0.3 is 6.61 Å². The van der Waals surface area contributed by atoms with Crippen molar-refractivity contribution in [1.82, 2.24) is 14.5 Å². The zero-order chi connectivity index (χ0) is 21.1. The summed E-state index contributed by atoms with van der Waals surface area (Å²) in [6.45, 7) is -0.840. The van der Waals surface area contributed by atoms with Gasteiger partial charge in [0.05, 0.1) is 16.7 Å². The van der Waals surface area contributed by atoms with Gasteiger partial charge in [0.15, 0.2) is 5.13 Å². The van der Waals surface area contributed by atoms with Crippen LogP contribution >= 0.6 is 11.3 Å². The van der Waals surface area contributed by atoms with Crippen LogP contribution in [0.5, 0.6) is 5.75 Å². The van der Waals surface area contributed by atoms with Crippen LogP contribution in [0.4, 0.5) is 13.9 Å². The second kappa shape index (κ2) is 8.58. The number of anilines is 1. The second-order valence-electron chi connectivity index (χ2n) is 6.42. The minimum absolute atomic E-state index is 0.0353. The first-order valence-electron chi connectivity index (χ1n) is 9.29. The Bertz CT molecular complexity index is 1190. The Morgan fingerprint density at radius 2 is 1.93 bits per heavy atom. The van der Waals surface area contributed by atoms with E-state index in [0.717, 1.165) is 16.9 Å². The number of nitrogens with zero attached hydrogens (tertiary/aromatic N) is 3. The van der Waals surface area contributed by atoms with Gasteiger partial charge in [-0.25, -0.2) is 9.97 Å². The molecule has 2 heterocycles. The number of carbonyl (C=O) groups excluding carboxylic acids is 1. The van der Waals surface area contributed by atoms with Crippen molar-refractivity contribution in [2.45, 2.75) is 26.5 Å². The van der Waals surface area contributed by atoms with Crippen molar-refractivity contribution < 1.29 is 18.3 Å². The third-order valence-electron chi connectivity index (χ3n) is 4.48. The predicted molar refractivity (Wildman–Crippen MR) is 112 cm³/mol. The van der Waals surface area contributed by atoms with Crippen LogP contribution in [0.2, 0.25) is 0 Å². The van der Waals surface area contributed by atoms with E-state index in [1.54, 1.807) is 23.6 Å². The first-order chi connectivity index (χ1) is 14.5. The SMILES string of the molecule is CCc1nc2ccccc2n1CC(=O)Nc1nc(-c2ccccc2OC(F)F)cs1. The number of hydrogen-bond acceptors (Lipinski definition) is 5. The Morgan fingerprint density at radius 3 is 2.73 bits per heavy atom. The van der Waals surface area contributed by atoms with Crippen molar-refractivity contribution >= 4 is 33.4 Å². The summed E-state index contributed by atoms with van der Waals surface area (Å²) in [4.78, 5) is 21.6. The van der Waals surface area contributed by atoms with Crippen LogP contribution < -0.4 is 10.1 Å². The number of rotatable bonds is 7. The number of benzene rings is 2. The van der Waals surface area contributed by atoms with E-state index in [1.807, 2.05) is 35.8 Å². The van der Waals surface area contributed by atoms with Crippen molar-refractivity contribution in [3.63, 3.8) is 0 Å². The summed E-state index contributed by atoms with van der Waals surface area (Å²) >= 11 is 1.22.